The Hall–Kier alpha value is -3.46. The van der Waals surface area contributed by atoms with Crippen molar-refractivity contribution in [1.29, 1.82) is 5.26 Å². The highest BCUT2D eigenvalue weighted by Crippen LogP contribution is 2.27. The van der Waals surface area contributed by atoms with Crippen molar-refractivity contribution >= 4 is 40.9 Å². The number of nitrogens with one attached hydrogen (secondary N) is 1. The molecule has 0 unspecified atom stereocenters. The van der Waals surface area contributed by atoms with E-state index in [9.17, 15) is 10.1 Å². The number of nitrogens with zero attached hydrogens (tertiary/aromatic N) is 1. The molecule has 0 saturated heterocycles. The molecule has 3 rings (SSSR count). The van der Waals surface area contributed by atoms with Gasteiger partial charge in [0.25, 0.3) is 5.91 Å². The summed E-state index contributed by atoms with van der Waals surface area (Å²) in [6.07, 6.45) is 1.44. The van der Waals surface area contributed by atoms with Gasteiger partial charge < -0.3 is 14.8 Å². The average molecular weight is 453 g/mol. The van der Waals surface area contributed by atoms with E-state index >= 15 is 0 Å². The van der Waals surface area contributed by atoms with Gasteiger partial charge in [-0.1, -0.05) is 35.3 Å². The summed E-state index contributed by atoms with van der Waals surface area (Å²) in [6.45, 7) is 0.267. The Morgan fingerprint density at radius 2 is 1.81 bits per heavy atom. The average Bonchev–Trinajstić information content (AvgIpc) is 2.77. The normalized spacial score (nSPS) is 10.8. The van der Waals surface area contributed by atoms with Gasteiger partial charge in [0.05, 0.1) is 7.11 Å². The van der Waals surface area contributed by atoms with E-state index in [1.807, 2.05) is 18.2 Å². The van der Waals surface area contributed by atoms with Crippen molar-refractivity contribution in [3.05, 3.63) is 93.5 Å². The molecule has 0 radical (unpaired) electrons. The van der Waals surface area contributed by atoms with Crippen molar-refractivity contribution in [2.45, 2.75) is 6.61 Å². The first-order valence-electron chi connectivity index (χ1n) is 9.22. The van der Waals surface area contributed by atoms with Gasteiger partial charge in [0.2, 0.25) is 0 Å². The van der Waals surface area contributed by atoms with Gasteiger partial charge in [0, 0.05) is 21.3 Å². The van der Waals surface area contributed by atoms with Crippen LogP contribution in [-0.2, 0) is 11.4 Å². The van der Waals surface area contributed by atoms with E-state index < -0.39 is 5.91 Å². The van der Waals surface area contributed by atoms with Crippen LogP contribution >= 0.6 is 23.2 Å². The van der Waals surface area contributed by atoms with Crippen LogP contribution in [0, 0.1) is 11.3 Å². The van der Waals surface area contributed by atoms with Gasteiger partial charge in [-0.2, -0.15) is 5.26 Å². The third-order valence-corrected chi connectivity index (χ3v) is 4.74. The molecule has 156 valence electrons. The van der Waals surface area contributed by atoms with Crippen LogP contribution in [0.1, 0.15) is 11.1 Å². The molecule has 5 nitrogen and oxygen atoms in total. The Morgan fingerprint density at radius 1 is 1.06 bits per heavy atom. The second-order valence-corrected chi connectivity index (χ2v) is 7.33. The summed E-state index contributed by atoms with van der Waals surface area (Å²) < 4.78 is 11.0. The van der Waals surface area contributed by atoms with Gasteiger partial charge in [-0.05, 0) is 66.2 Å². The smallest absolute Gasteiger partial charge is 0.266 e. The summed E-state index contributed by atoms with van der Waals surface area (Å²) in [6, 6.07) is 21.0. The predicted molar refractivity (Wildman–Crippen MR) is 122 cm³/mol. The number of nitriles is 1. The van der Waals surface area contributed by atoms with Gasteiger partial charge in [0.15, 0.2) is 0 Å². The number of hydrogen-bond donors (Lipinski definition) is 1. The number of carbonyl (C=O) groups is 1. The molecule has 1 amide bonds. The second kappa shape index (κ2) is 10.5. The Bertz CT molecular complexity index is 1150. The number of ether oxygens (including phenoxy) is 2. The van der Waals surface area contributed by atoms with Crippen molar-refractivity contribution in [2.75, 3.05) is 12.4 Å². The van der Waals surface area contributed by atoms with Crippen molar-refractivity contribution in [2.24, 2.45) is 0 Å². The second-order valence-electron chi connectivity index (χ2n) is 6.45. The number of methoxy groups -OCH3 is 1. The minimum Gasteiger partial charge on any atom is -0.497 e. The van der Waals surface area contributed by atoms with Crippen LogP contribution in [0.25, 0.3) is 6.08 Å². The molecule has 0 fully saturated rings. The predicted octanol–water partition coefficient (Wildman–Crippen LogP) is 6.13. The van der Waals surface area contributed by atoms with Crippen LogP contribution in [0.5, 0.6) is 11.5 Å². The minimum atomic E-state index is -0.548. The molecule has 0 heterocycles. The molecule has 0 aliphatic heterocycles. The number of rotatable bonds is 7. The van der Waals surface area contributed by atoms with Gasteiger partial charge in [0.1, 0.15) is 29.7 Å². The zero-order chi connectivity index (χ0) is 22.2. The lowest BCUT2D eigenvalue weighted by molar-refractivity contribution is -0.112. The molecule has 0 atom stereocenters. The SMILES string of the molecule is COc1ccc(NC(=O)/C(C#N)=C/c2cc(Cl)ccc2OCc2cccc(Cl)c2)cc1. The molecule has 0 aromatic heterocycles. The highest BCUT2D eigenvalue weighted by atomic mass is 35.5. The summed E-state index contributed by atoms with van der Waals surface area (Å²) in [5.41, 5.74) is 1.84. The quantitative estimate of drug-likeness (QED) is 0.345. The summed E-state index contributed by atoms with van der Waals surface area (Å²) >= 11 is 12.1. The molecule has 0 aliphatic rings. The van der Waals surface area contributed by atoms with E-state index in [1.54, 1.807) is 61.7 Å². The maximum atomic E-state index is 12.6. The van der Waals surface area contributed by atoms with Gasteiger partial charge in [-0.25, -0.2) is 0 Å². The zero-order valence-corrected chi connectivity index (χ0v) is 18.1. The topological polar surface area (TPSA) is 71.3 Å². The van der Waals surface area contributed by atoms with Gasteiger partial charge >= 0.3 is 0 Å². The number of anilines is 1. The molecule has 3 aromatic carbocycles. The highest BCUT2D eigenvalue weighted by Gasteiger charge is 2.12. The first kappa shape index (κ1) is 22.2. The van der Waals surface area contributed by atoms with Crippen molar-refractivity contribution in [3.8, 4) is 17.6 Å². The third-order valence-electron chi connectivity index (χ3n) is 4.27. The third kappa shape index (κ3) is 6.26. The summed E-state index contributed by atoms with van der Waals surface area (Å²) in [5, 5.41) is 13.3. The molecular weight excluding hydrogens is 435 g/mol. The van der Waals surface area contributed by atoms with Gasteiger partial charge in [-0.15, -0.1) is 0 Å². The van der Waals surface area contributed by atoms with Gasteiger partial charge in [-0.3, -0.25) is 4.79 Å². The Morgan fingerprint density at radius 3 is 2.48 bits per heavy atom. The van der Waals surface area contributed by atoms with Crippen LogP contribution in [-0.4, -0.2) is 13.0 Å². The molecule has 31 heavy (non-hydrogen) atoms. The number of halogens is 2. The zero-order valence-electron chi connectivity index (χ0n) is 16.6. The lowest BCUT2D eigenvalue weighted by atomic mass is 10.1. The maximum absolute atomic E-state index is 12.6. The maximum Gasteiger partial charge on any atom is 0.266 e. The van der Waals surface area contributed by atoms with E-state index in [-0.39, 0.29) is 12.2 Å². The molecule has 0 saturated carbocycles. The number of carbonyl (C=O) groups excluding carboxylic acids is 1. The van der Waals surface area contributed by atoms with Crippen LogP contribution in [0.4, 0.5) is 5.69 Å². The standard InChI is InChI=1S/C24H18Cl2N2O3/c1-30-22-8-6-21(7-9-22)28-24(29)18(14-27)12-17-13-20(26)5-10-23(17)31-15-16-3-2-4-19(25)11-16/h2-13H,15H2,1H3,(H,28,29)/b18-12+. The Kier molecular flexibility index (Phi) is 7.55. The van der Waals surface area contributed by atoms with E-state index in [1.165, 1.54) is 6.08 Å². The number of amides is 1. The number of hydrogen-bond acceptors (Lipinski definition) is 4. The summed E-state index contributed by atoms with van der Waals surface area (Å²) in [7, 11) is 1.56. The van der Waals surface area contributed by atoms with E-state index in [2.05, 4.69) is 5.32 Å². The van der Waals surface area contributed by atoms with Crippen molar-refractivity contribution in [1.82, 2.24) is 0 Å². The number of benzene rings is 3. The fourth-order valence-electron chi connectivity index (χ4n) is 2.73. The van der Waals surface area contributed by atoms with Crippen molar-refractivity contribution in [3.63, 3.8) is 0 Å². The molecule has 7 heteroatoms. The molecule has 1 N–H and O–H groups in total. The molecule has 0 spiro atoms. The van der Waals surface area contributed by atoms with Crippen LogP contribution in [0.2, 0.25) is 10.0 Å². The van der Waals surface area contributed by atoms with Crippen molar-refractivity contribution < 1.29 is 14.3 Å². The largest absolute Gasteiger partial charge is 0.497 e. The first-order chi connectivity index (χ1) is 15.0. The fraction of sp³-hybridized carbons (Fsp3) is 0.0833. The van der Waals surface area contributed by atoms with E-state index in [0.717, 1.165) is 5.56 Å². The summed E-state index contributed by atoms with van der Waals surface area (Å²) in [5.74, 6) is 0.595. The monoisotopic (exact) mass is 452 g/mol. The minimum absolute atomic E-state index is 0.0920. The lowest BCUT2D eigenvalue weighted by Crippen LogP contribution is -2.13. The van der Waals surface area contributed by atoms with Crippen LogP contribution < -0.4 is 14.8 Å². The van der Waals surface area contributed by atoms with Crippen LogP contribution in [0.3, 0.4) is 0 Å². The molecule has 0 aliphatic carbocycles. The van der Waals surface area contributed by atoms with E-state index in [0.29, 0.717) is 32.8 Å². The summed E-state index contributed by atoms with van der Waals surface area (Å²) in [4.78, 5) is 12.6. The van der Waals surface area contributed by atoms with E-state index in [4.69, 9.17) is 32.7 Å². The highest BCUT2D eigenvalue weighted by molar-refractivity contribution is 6.31. The Balaban J connectivity index is 1.81. The first-order valence-corrected chi connectivity index (χ1v) is 9.98. The Labute approximate surface area is 190 Å². The lowest BCUT2D eigenvalue weighted by Gasteiger charge is -2.11. The molecular formula is C24H18Cl2N2O3. The molecule has 3 aromatic rings. The fourth-order valence-corrected chi connectivity index (χ4v) is 3.12. The van der Waals surface area contributed by atoms with Crippen LogP contribution in [0.15, 0.2) is 72.3 Å². The molecule has 0 bridgehead atoms.